The average molecular weight is 520 g/mol. The lowest BCUT2D eigenvalue weighted by atomic mass is 9.37. The van der Waals surface area contributed by atoms with E-state index in [1.807, 2.05) is 30.3 Å². The fraction of sp³-hybridized carbons (Fsp3) is 0. The number of furan rings is 2. The topological polar surface area (TPSA) is 68.2 Å². The lowest BCUT2D eigenvalue weighted by Gasteiger charge is -2.29. The van der Waals surface area contributed by atoms with Crippen LogP contribution in [0.25, 0.3) is 42.4 Å². The first-order valence-corrected chi connectivity index (χ1v) is 13.5. The molecule has 0 N–H and O–H groups in total. The van der Waals surface area contributed by atoms with Crippen LogP contribution in [0.1, 0.15) is 0 Å². The standard InChI is InChI=1S/C31H17BN4O2S/c1-2-9-18(10-3-1)32-24-19-11-4-6-14-22(19)37-31(24)36(26-21-13-8-16-33-30(21)38-28(26)32)29-27-25(34-17-35-29)20-12-5-7-15-23(20)39-27/h1-17H. The van der Waals surface area contributed by atoms with Gasteiger partial charge in [0.25, 0.3) is 6.71 Å². The molecule has 0 radical (unpaired) electrons. The Morgan fingerprint density at radius 2 is 1.51 bits per heavy atom. The summed E-state index contributed by atoms with van der Waals surface area (Å²) < 4.78 is 15.5. The van der Waals surface area contributed by atoms with Crippen LogP contribution in [0.5, 0.6) is 0 Å². The minimum atomic E-state index is -0.176. The fourth-order valence-electron chi connectivity index (χ4n) is 5.93. The fourth-order valence-corrected chi connectivity index (χ4v) is 7.07. The van der Waals surface area contributed by atoms with E-state index in [9.17, 15) is 0 Å². The largest absolute Gasteiger partial charge is 0.450 e. The van der Waals surface area contributed by atoms with Gasteiger partial charge in [0.1, 0.15) is 17.6 Å². The predicted octanol–water partition coefficient (Wildman–Crippen LogP) is 6.03. The van der Waals surface area contributed by atoms with Crippen molar-refractivity contribution in [1.29, 1.82) is 0 Å². The van der Waals surface area contributed by atoms with Gasteiger partial charge in [0.2, 0.25) is 11.6 Å². The Kier molecular flexibility index (Phi) is 4.20. The van der Waals surface area contributed by atoms with Gasteiger partial charge in [-0.25, -0.2) is 15.0 Å². The van der Waals surface area contributed by atoms with E-state index < -0.39 is 0 Å². The Balaban J connectivity index is 1.45. The number of fused-ring (bicyclic) bond motifs is 9. The van der Waals surface area contributed by atoms with Gasteiger partial charge in [-0.3, -0.25) is 4.90 Å². The van der Waals surface area contributed by atoms with Crippen molar-refractivity contribution in [2.75, 3.05) is 4.90 Å². The highest BCUT2D eigenvalue weighted by atomic mass is 32.1. The predicted molar refractivity (Wildman–Crippen MR) is 158 cm³/mol. The van der Waals surface area contributed by atoms with Crippen LogP contribution in [0.3, 0.4) is 0 Å². The van der Waals surface area contributed by atoms with Crippen LogP contribution < -0.4 is 21.5 Å². The molecule has 0 saturated heterocycles. The van der Waals surface area contributed by atoms with Crippen molar-refractivity contribution in [1.82, 2.24) is 15.0 Å². The maximum absolute atomic E-state index is 6.72. The summed E-state index contributed by atoms with van der Waals surface area (Å²) in [7, 11) is 0. The molecule has 8 aromatic rings. The molecule has 6 heterocycles. The summed E-state index contributed by atoms with van der Waals surface area (Å²) in [5.41, 5.74) is 6.23. The third-order valence-electron chi connectivity index (χ3n) is 7.54. The van der Waals surface area contributed by atoms with E-state index in [1.54, 1.807) is 23.9 Å². The Bertz CT molecular complexity index is 2210. The van der Waals surface area contributed by atoms with Crippen LogP contribution in [-0.4, -0.2) is 21.7 Å². The van der Waals surface area contributed by atoms with Crippen molar-refractivity contribution in [3.63, 3.8) is 0 Å². The number of benzene rings is 3. The molecule has 0 spiro atoms. The molecule has 0 aliphatic carbocycles. The van der Waals surface area contributed by atoms with Gasteiger partial charge in [0, 0.05) is 27.1 Å². The molecular weight excluding hydrogens is 503 g/mol. The van der Waals surface area contributed by atoms with E-state index >= 15 is 0 Å². The number of anilines is 3. The summed E-state index contributed by atoms with van der Waals surface area (Å²) in [6.45, 7) is -0.176. The molecule has 1 aliphatic heterocycles. The van der Waals surface area contributed by atoms with E-state index in [1.165, 1.54) is 0 Å². The summed E-state index contributed by atoms with van der Waals surface area (Å²) in [4.78, 5) is 16.3. The zero-order chi connectivity index (χ0) is 25.5. The number of hydrogen-bond donors (Lipinski definition) is 0. The van der Waals surface area contributed by atoms with Crippen LogP contribution in [0, 0.1) is 0 Å². The summed E-state index contributed by atoms with van der Waals surface area (Å²) in [5, 5.41) is 3.07. The second-order valence-electron chi connectivity index (χ2n) is 9.64. The van der Waals surface area contributed by atoms with Gasteiger partial charge in [0.05, 0.1) is 21.3 Å². The van der Waals surface area contributed by atoms with Gasteiger partial charge in [-0.2, -0.15) is 0 Å². The van der Waals surface area contributed by atoms with Crippen LogP contribution >= 0.6 is 11.3 Å². The van der Waals surface area contributed by atoms with Gasteiger partial charge < -0.3 is 8.83 Å². The van der Waals surface area contributed by atoms with E-state index in [2.05, 4.69) is 70.5 Å². The molecule has 0 atom stereocenters. The molecule has 39 heavy (non-hydrogen) atoms. The molecule has 0 bridgehead atoms. The molecule has 0 saturated carbocycles. The maximum Gasteiger partial charge on any atom is 0.297 e. The highest BCUT2D eigenvalue weighted by Gasteiger charge is 2.44. The Morgan fingerprint density at radius 3 is 2.44 bits per heavy atom. The van der Waals surface area contributed by atoms with Gasteiger partial charge >= 0.3 is 0 Å². The number of nitrogens with zero attached hydrogens (tertiary/aromatic N) is 4. The highest BCUT2D eigenvalue weighted by Crippen LogP contribution is 2.46. The monoisotopic (exact) mass is 520 g/mol. The van der Waals surface area contributed by atoms with Crippen LogP contribution in [-0.2, 0) is 0 Å². The lowest BCUT2D eigenvalue weighted by molar-refractivity contribution is 0.615. The molecule has 0 unspecified atom stereocenters. The molecule has 182 valence electrons. The van der Waals surface area contributed by atoms with Crippen LogP contribution in [0.2, 0.25) is 0 Å². The lowest BCUT2D eigenvalue weighted by Crippen LogP contribution is -2.56. The van der Waals surface area contributed by atoms with Gasteiger partial charge in [-0.05, 0) is 24.3 Å². The molecule has 6 nitrogen and oxygen atoms in total. The van der Waals surface area contributed by atoms with Gasteiger partial charge in [0.15, 0.2) is 5.82 Å². The molecule has 5 aromatic heterocycles. The van der Waals surface area contributed by atoms with Gasteiger partial charge in [-0.15, -0.1) is 11.3 Å². The molecule has 1 aliphatic rings. The SMILES string of the molecule is c1ccc(B2c3oc4ncccc4c3N(c3ncnc4c3sc3ccccc34)c3oc4ccccc4c32)cc1. The number of pyridine rings is 1. The molecule has 3 aromatic carbocycles. The zero-order valence-corrected chi connectivity index (χ0v) is 21.2. The van der Waals surface area contributed by atoms with Gasteiger partial charge in [-0.1, -0.05) is 72.2 Å². The minimum Gasteiger partial charge on any atom is -0.450 e. The summed E-state index contributed by atoms with van der Waals surface area (Å²) in [5.74, 6) is 1.50. The number of hydrogen-bond acceptors (Lipinski definition) is 7. The first-order chi connectivity index (χ1) is 19.4. The zero-order valence-electron chi connectivity index (χ0n) is 20.4. The van der Waals surface area contributed by atoms with Crippen LogP contribution in [0.4, 0.5) is 17.4 Å². The molecule has 0 amide bonds. The van der Waals surface area contributed by atoms with E-state index in [0.717, 1.165) is 70.6 Å². The number of thiophene rings is 1. The minimum absolute atomic E-state index is 0.176. The smallest absolute Gasteiger partial charge is 0.297 e. The van der Waals surface area contributed by atoms with Crippen molar-refractivity contribution < 1.29 is 8.83 Å². The molecule has 0 fully saturated rings. The summed E-state index contributed by atoms with van der Waals surface area (Å²) >= 11 is 1.69. The summed E-state index contributed by atoms with van der Waals surface area (Å²) in [6.07, 6.45) is 3.41. The molecule has 8 heteroatoms. The van der Waals surface area contributed by atoms with E-state index in [4.69, 9.17) is 18.8 Å². The second-order valence-corrected chi connectivity index (χ2v) is 10.7. The van der Waals surface area contributed by atoms with Crippen molar-refractivity contribution in [3.8, 4) is 0 Å². The Labute approximate surface area is 226 Å². The van der Waals surface area contributed by atoms with Crippen molar-refractivity contribution in [2.45, 2.75) is 0 Å². The highest BCUT2D eigenvalue weighted by molar-refractivity contribution is 7.26. The number of para-hydroxylation sites is 1. The number of rotatable bonds is 2. The normalized spacial score (nSPS) is 13.0. The second kappa shape index (κ2) is 7.78. The average Bonchev–Trinajstić information content (AvgIpc) is 3.68. The first kappa shape index (κ1) is 21.0. The van der Waals surface area contributed by atoms with E-state index in [-0.39, 0.29) is 6.71 Å². The first-order valence-electron chi connectivity index (χ1n) is 12.7. The molecule has 9 rings (SSSR count). The third kappa shape index (κ3) is 2.83. The summed E-state index contributed by atoms with van der Waals surface area (Å²) in [6, 6.07) is 31.0. The number of aromatic nitrogens is 3. The maximum atomic E-state index is 6.72. The van der Waals surface area contributed by atoms with Crippen molar-refractivity contribution in [3.05, 3.63) is 104 Å². The third-order valence-corrected chi connectivity index (χ3v) is 8.70. The van der Waals surface area contributed by atoms with E-state index in [0.29, 0.717) is 5.71 Å². The molecular formula is C31H17BN4O2S. The Hall–Kier alpha value is -4.95. The van der Waals surface area contributed by atoms with Crippen LogP contribution in [0.15, 0.2) is 112 Å². The van der Waals surface area contributed by atoms with Crippen molar-refractivity contribution in [2.24, 2.45) is 0 Å². The quantitative estimate of drug-likeness (QED) is 0.259. The Morgan fingerprint density at radius 1 is 0.718 bits per heavy atom. The van der Waals surface area contributed by atoms with Crippen molar-refractivity contribution >= 4 is 94.4 Å².